The number of carbonyl (C=O) groups is 2. The van der Waals surface area contributed by atoms with Crippen molar-refractivity contribution in [1.29, 1.82) is 0 Å². The summed E-state index contributed by atoms with van der Waals surface area (Å²) in [5, 5.41) is 15.1. The number of methoxy groups -OCH3 is 1. The molecule has 2 N–H and O–H groups in total. The van der Waals surface area contributed by atoms with Crippen LogP contribution in [-0.4, -0.2) is 39.4 Å². The molecule has 0 spiro atoms. The highest BCUT2D eigenvalue weighted by atomic mass is 79.9. The predicted octanol–water partition coefficient (Wildman–Crippen LogP) is 5.32. The van der Waals surface area contributed by atoms with Crippen molar-refractivity contribution >= 4 is 45.2 Å². The molecule has 4 aromatic rings. The van der Waals surface area contributed by atoms with E-state index in [-0.39, 0.29) is 24.1 Å². The van der Waals surface area contributed by atoms with Crippen LogP contribution in [0.1, 0.15) is 27.3 Å². The molecule has 0 aliphatic carbocycles. The van der Waals surface area contributed by atoms with Crippen LogP contribution in [0, 0.1) is 13.8 Å². The maximum absolute atomic E-state index is 12.7. The fourth-order valence-electron chi connectivity index (χ4n) is 3.57. The van der Waals surface area contributed by atoms with Crippen molar-refractivity contribution in [2.45, 2.75) is 25.5 Å². The van der Waals surface area contributed by atoms with Crippen molar-refractivity contribution in [1.82, 2.24) is 20.1 Å². The quantitative estimate of drug-likeness (QED) is 0.260. The average molecular weight is 581 g/mol. The van der Waals surface area contributed by atoms with Crippen LogP contribution in [-0.2, 0) is 11.3 Å². The van der Waals surface area contributed by atoms with Gasteiger partial charge in [0.1, 0.15) is 5.75 Å². The highest BCUT2D eigenvalue weighted by molar-refractivity contribution is 9.10. The Morgan fingerprint density at radius 1 is 1.00 bits per heavy atom. The summed E-state index contributed by atoms with van der Waals surface area (Å²) in [7, 11) is 1.58. The smallest absolute Gasteiger partial charge is 0.251 e. The van der Waals surface area contributed by atoms with Gasteiger partial charge in [-0.25, -0.2) is 0 Å². The third kappa shape index (κ3) is 6.78. The topological polar surface area (TPSA) is 98.1 Å². The van der Waals surface area contributed by atoms with Crippen LogP contribution in [0.2, 0.25) is 0 Å². The van der Waals surface area contributed by atoms with Crippen LogP contribution in [0.4, 0.5) is 5.69 Å². The molecule has 4 rings (SSSR count). The number of hydrogen-bond donors (Lipinski definition) is 2. The molecule has 0 unspecified atom stereocenters. The Morgan fingerprint density at radius 2 is 1.73 bits per heavy atom. The summed E-state index contributed by atoms with van der Waals surface area (Å²) in [6.07, 6.45) is 0. The first-order chi connectivity index (χ1) is 17.8. The molecule has 190 valence electrons. The highest BCUT2D eigenvalue weighted by Crippen LogP contribution is 2.26. The van der Waals surface area contributed by atoms with E-state index in [1.807, 2.05) is 60.9 Å². The molecule has 0 atom stereocenters. The van der Waals surface area contributed by atoms with Crippen molar-refractivity contribution in [3.8, 4) is 11.4 Å². The van der Waals surface area contributed by atoms with Gasteiger partial charge in [-0.15, -0.1) is 10.2 Å². The van der Waals surface area contributed by atoms with E-state index < -0.39 is 0 Å². The molecule has 1 heterocycles. The number of hydrogen-bond acceptors (Lipinski definition) is 6. The van der Waals surface area contributed by atoms with Gasteiger partial charge in [0.25, 0.3) is 5.91 Å². The van der Waals surface area contributed by atoms with E-state index in [2.05, 4.69) is 36.8 Å². The number of rotatable bonds is 9. The number of nitrogens with zero attached hydrogens (tertiary/aromatic N) is 3. The van der Waals surface area contributed by atoms with Gasteiger partial charge >= 0.3 is 0 Å². The number of aryl methyl sites for hydroxylation is 2. The Bertz CT molecular complexity index is 1400. The molecule has 3 aromatic carbocycles. The third-order valence-corrected chi connectivity index (χ3v) is 6.98. The number of thioether (sulfide) groups is 1. The minimum atomic E-state index is -0.235. The van der Waals surface area contributed by atoms with Crippen LogP contribution in [0.25, 0.3) is 5.69 Å². The number of ether oxygens (including phenoxy) is 1. The molecule has 1 aromatic heterocycles. The largest absolute Gasteiger partial charge is 0.497 e. The van der Waals surface area contributed by atoms with E-state index >= 15 is 0 Å². The van der Waals surface area contributed by atoms with Crippen molar-refractivity contribution in [2.75, 3.05) is 18.2 Å². The zero-order valence-electron chi connectivity index (χ0n) is 20.6. The van der Waals surface area contributed by atoms with Gasteiger partial charge in [-0.05, 0) is 79.6 Å². The number of carbonyl (C=O) groups excluding carboxylic acids is 2. The van der Waals surface area contributed by atoms with Gasteiger partial charge in [0.15, 0.2) is 11.0 Å². The lowest BCUT2D eigenvalue weighted by Gasteiger charge is -2.14. The maximum atomic E-state index is 12.7. The van der Waals surface area contributed by atoms with E-state index in [1.165, 1.54) is 11.8 Å². The zero-order valence-corrected chi connectivity index (χ0v) is 23.0. The van der Waals surface area contributed by atoms with E-state index in [1.54, 1.807) is 31.4 Å². The Kier molecular flexibility index (Phi) is 8.62. The summed E-state index contributed by atoms with van der Waals surface area (Å²) in [6.45, 7) is 4.18. The normalized spacial score (nSPS) is 10.7. The Labute approximate surface area is 228 Å². The third-order valence-electron chi connectivity index (χ3n) is 5.53. The summed E-state index contributed by atoms with van der Waals surface area (Å²) in [5.41, 5.74) is 4.22. The van der Waals surface area contributed by atoms with Crippen LogP contribution < -0.4 is 15.4 Å². The molecule has 2 amide bonds. The monoisotopic (exact) mass is 579 g/mol. The zero-order chi connectivity index (χ0) is 26.4. The van der Waals surface area contributed by atoms with Crippen molar-refractivity contribution in [3.05, 3.63) is 93.7 Å². The fraction of sp³-hybridized carbons (Fsp3) is 0.185. The fourth-order valence-corrected chi connectivity index (χ4v) is 4.60. The number of anilines is 1. The summed E-state index contributed by atoms with van der Waals surface area (Å²) < 4.78 is 7.99. The predicted molar refractivity (Wildman–Crippen MR) is 148 cm³/mol. The number of nitrogens with one attached hydrogen (secondary N) is 2. The minimum absolute atomic E-state index is 0.150. The van der Waals surface area contributed by atoms with Crippen LogP contribution in [0.5, 0.6) is 5.75 Å². The first kappa shape index (κ1) is 26.4. The minimum Gasteiger partial charge on any atom is -0.497 e. The summed E-state index contributed by atoms with van der Waals surface area (Å²) in [4.78, 5) is 25.3. The lowest BCUT2D eigenvalue weighted by molar-refractivity contribution is -0.113. The molecular weight excluding hydrogens is 554 g/mol. The second-order valence-corrected chi connectivity index (χ2v) is 10.1. The molecule has 0 radical (unpaired) electrons. The first-order valence-electron chi connectivity index (χ1n) is 11.5. The standard InChI is InChI=1S/C27H26BrN5O3S/c1-17-4-5-18(2)23(14-17)33-24(15-29-26(35)19-6-12-22(36-3)13-7-19)31-32-27(33)37-16-25(34)30-21-10-8-20(28)9-11-21/h4-14H,15-16H2,1-3H3,(H,29,35)(H,30,34). The van der Waals surface area contributed by atoms with Gasteiger partial charge in [0, 0.05) is 15.7 Å². The maximum Gasteiger partial charge on any atom is 0.251 e. The summed E-state index contributed by atoms with van der Waals surface area (Å²) in [5.74, 6) is 0.999. The molecule has 0 aliphatic rings. The number of aromatic nitrogens is 3. The number of halogens is 1. The molecule has 0 aliphatic heterocycles. The lowest BCUT2D eigenvalue weighted by atomic mass is 10.1. The summed E-state index contributed by atoms with van der Waals surface area (Å²) >= 11 is 4.67. The molecule has 0 fully saturated rings. The second kappa shape index (κ2) is 12.1. The second-order valence-electron chi connectivity index (χ2n) is 8.28. The SMILES string of the molecule is COc1ccc(C(=O)NCc2nnc(SCC(=O)Nc3ccc(Br)cc3)n2-c2cc(C)ccc2C)cc1. The van der Waals surface area contributed by atoms with Gasteiger partial charge in [0.2, 0.25) is 5.91 Å². The van der Waals surface area contributed by atoms with Crippen LogP contribution >= 0.6 is 27.7 Å². The lowest BCUT2D eigenvalue weighted by Crippen LogP contribution is -2.24. The van der Waals surface area contributed by atoms with Gasteiger partial charge in [-0.3, -0.25) is 14.2 Å². The van der Waals surface area contributed by atoms with E-state index in [9.17, 15) is 9.59 Å². The Balaban J connectivity index is 1.52. The molecule has 0 bridgehead atoms. The van der Waals surface area contributed by atoms with Crippen LogP contribution in [0.3, 0.4) is 0 Å². The van der Waals surface area contributed by atoms with E-state index in [4.69, 9.17) is 4.74 Å². The van der Waals surface area contributed by atoms with Gasteiger partial charge in [-0.2, -0.15) is 0 Å². The molecule has 10 heteroatoms. The molecule has 8 nitrogen and oxygen atoms in total. The number of amides is 2. The molecule has 0 saturated carbocycles. The van der Waals surface area contributed by atoms with Crippen molar-refractivity contribution in [2.24, 2.45) is 0 Å². The molecule has 0 saturated heterocycles. The highest BCUT2D eigenvalue weighted by Gasteiger charge is 2.18. The van der Waals surface area contributed by atoms with E-state index in [0.29, 0.717) is 28.0 Å². The number of benzene rings is 3. The average Bonchev–Trinajstić information content (AvgIpc) is 3.31. The summed E-state index contributed by atoms with van der Waals surface area (Å²) in [6, 6.07) is 20.4. The van der Waals surface area contributed by atoms with Crippen molar-refractivity contribution < 1.29 is 14.3 Å². The van der Waals surface area contributed by atoms with Gasteiger partial charge in [-0.1, -0.05) is 39.8 Å². The van der Waals surface area contributed by atoms with Gasteiger partial charge in [0.05, 0.1) is 25.1 Å². The van der Waals surface area contributed by atoms with E-state index in [0.717, 1.165) is 21.3 Å². The Hall–Kier alpha value is -3.63. The Morgan fingerprint density at radius 3 is 2.43 bits per heavy atom. The van der Waals surface area contributed by atoms with Crippen molar-refractivity contribution in [3.63, 3.8) is 0 Å². The molecule has 37 heavy (non-hydrogen) atoms. The van der Waals surface area contributed by atoms with Crippen LogP contribution in [0.15, 0.2) is 76.4 Å². The molecular formula is C27H26BrN5O3S. The first-order valence-corrected chi connectivity index (χ1v) is 13.2. The van der Waals surface area contributed by atoms with Gasteiger partial charge < -0.3 is 15.4 Å².